The van der Waals surface area contributed by atoms with E-state index in [0.717, 1.165) is 12.8 Å². The van der Waals surface area contributed by atoms with E-state index in [1.54, 1.807) is 0 Å². The third-order valence-electron chi connectivity index (χ3n) is 4.41. The van der Waals surface area contributed by atoms with E-state index in [9.17, 15) is 5.21 Å². The Balaban J connectivity index is 2.04. The van der Waals surface area contributed by atoms with E-state index in [1.165, 1.54) is 16.5 Å². The molecule has 2 rings (SSSR count). The fourth-order valence-corrected chi connectivity index (χ4v) is 3.37. The molecule has 4 heteroatoms. The van der Waals surface area contributed by atoms with Gasteiger partial charge < -0.3 is 9.30 Å². The zero-order valence-electron chi connectivity index (χ0n) is 13.6. The van der Waals surface area contributed by atoms with Crippen molar-refractivity contribution in [2.24, 2.45) is 0 Å². The number of piperidine rings is 1. The SMILES string of the molecule is Cc1ccc(C)n1COC1CC(C)(C)N([O])C(C)(C)C1. The molecule has 1 fully saturated rings. The topological polar surface area (TPSA) is 37.3 Å². The van der Waals surface area contributed by atoms with E-state index in [4.69, 9.17) is 4.74 Å². The summed E-state index contributed by atoms with van der Waals surface area (Å²) in [4.78, 5) is 0. The quantitative estimate of drug-likeness (QED) is 0.850. The van der Waals surface area contributed by atoms with Gasteiger partial charge in [-0.15, -0.1) is 10.3 Å². The van der Waals surface area contributed by atoms with E-state index >= 15 is 0 Å². The molecule has 1 aromatic rings. The first-order valence-electron chi connectivity index (χ1n) is 7.35. The molecule has 0 spiro atoms. The van der Waals surface area contributed by atoms with Crippen LogP contribution >= 0.6 is 0 Å². The molecule has 1 aromatic heterocycles. The average molecular weight is 279 g/mol. The second kappa shape index (κ2) is 5.17. The molecule has 1 radical (unpaired) electrons. The Labute approximate surface area is 122 Å². The standard InChI is InChI=1S/C16H27N2O2/c1-12-7-8-13(2)17(12)11-20-14-9-15(3,4)18(19)16(5,6)10-14/h7-8,14H,9-11H2,1-6H3. The molecule has 113 valence electrons. The Morgan fingerprint density at radius 2 is 1.55 bits per heavy atom. The maximum absolute atomic E-state index is 12.3. The van der Waals surface area contributed by atoms with Gasteiger partial charge in [0.05, 0.1) is 6.10 Å². The second-order valence-electron chi connectivity index (χ2n) is 7.29. The van der Waals surface area contributed by atoms with Crippen molar-refractivity contribution in [3.05, 3.63) is 23.5 Å². The molecule has 0 bridgehead atoms. The molecule has 0 saturated carbocycles. The first-order chi connectivity index (χ1) is 9.13. The third-order valence-corrected chi connectivity index (χ3v) is 4.41. The maximum Gasteiger partial charge on any atom is 0.123 e. The van der Waals surface area contributed by atoms with Gasteiger partial charge in [0, 0.05) is 22.5 Å². The number of hydroxylamine groups is 2. The molecule has 0 unspecified atom stereocenters. The summed E-state index contributed by atoms with van der Waals surface area (Å²) in [5, 5.41) is 13.6. The van der Waals surface area contributed by atoms with Gasteiger partial charge in [-0.2, -0.15) is 0 Å². The average Bonchev–Trinajstić information content (AvgIpc) is 2.63. The number of rotatable bonds is 3. The van der Waals surface area contributed by atoms with Crippen LogP contribution in [0.2, 0.25) is 0 Å². The number of aromatic nitrogens is 1. The molecule has 0 atom stereocenters. The number of nitrogens with zero attached hydrogens (tertiary/aromatic N) is 2. The predicted molar refractivity (Wildman–Crippen MR) is 78.7 cm³/mol. The minimum absolute atomic E-state index is 0.131. The van der Waals surface area contributed by atoms with Crippen molar-refractivity contribution in [1.82, 2.24) is 9.63 Å². The van der Waals surface area contributed by atoms with Gasteiger partial charge in [0.2, 0.25) is 0 Å². The highest BCUT2D eigenvalue weighted by molar-refractivity contribution is 5.13. The Morgan fingerprint density at radius 1 is 1.10 bits per heavy atom. The van der Waals surface area contributed by atoms with Gasteiger partial charge in [0.1, 0.15) is 6.73 Å². The number of hydrogen-bond donors (Lipinski definition) is 0. The van der Waals surface area contributed by atoms with Crippen molar-refractivity contribution in [2.75, 3.05) is 0 Å². The van der Waals surface area contributed by atoms with Crippen molar-refractivity contribution in [1.29, 1.82) is 0 Å². The molecule has 0 aromatic carbocycles. The smallest absolute Gasteiger partial charge is 0.123 e. The van der Waals surface area contributed by atoms with Gasteiger partial charge in [-0.1, -0.05) is 0 Å². The Bertz CT molecular complexity index is 439. The molecular formula is C16H27N2O2. The van der Waals surface area contributed by atoms with Crippen LogP contribution in [0.3, 0.4) is 0 Å². The predicted octanol–water partition coefficient (Wildman–Crippen LogP) is 3.45. The van der Waals surface area contributed by atoms with Gasteiger partial charge in [0.25, 0.3) is 0 Å². The van der Waals surface area contributed by atoms with E-state index in [2.05, 4.69) is 30.5 Å². The van der Waals surface area contributed by atoms with Crippen LogP contribution in [0.5, 0.6) is 0 Å². The Hall–Kier alpha value is -0.840. The van der Waals surface area contributed by atoms with E-state index < -0.39 is 0 Å². The molecule has 1 aliphatic heterocycles. The molecule has 20 heavy (non-hydrogen) atoms. The van der Waals surface area contributed by atoms with Crippen LogP contribution in [0.25, 0.3) is 0 Å². The maximum atomic E-state index is 12.3. The van der Waals surface area contributed by atoms with Crippen molar-refractivity contribution < 1.29 is 9.94 Å². The fraction of sp³-hybridized carbons (Fsp3) is 0.750. The van der Waals surface area contributed by atoms with E-state index in [1.807, 2.05) is 27.7 Å². The van der Waals surface area contributed by atoms with Gasteiger partial charge in [-0.25, -0.2) is 0 Å². The van der Waals surface area contributed by atoms with Crippen molar-refractivity contribution >= 4 is 0 Å². The van der Waals surface area contributed by atoms with Crippen molar-refractivity contribution in [3.63, 3.8) is 0 Å². The zero-order chi connectivity index (χ0) is 15.1. The van der Waals surface area contributed by atoms with E-state index in [0.29, 0.717) is 6.73 Å². The summed E-state index contributed by atoms with van der Waals surface area (Å²) in [6.45, 7) is 12.8. The van der Waals surface area contributed by atoms with Gasteiger partial charge in [-0.05, 0) is 66.5 Å². The number of hydrogen-bond acceptors (Lipinski definition) is 2. The summed E-state index contributed by atoms with van der Waals surface area (Å²) in [5.74, 6) is 0. The molecule has 0 N–H and O–H groups in total. The van der Waals surface area contributed by atoms with Crippen LogP contribution in [-0.2, 0) is 16.7 Å². The van der Waals surface area contributed by atoms with Crippen LogP contribution in [0, 0.1) is 13.8 Å². The summed E-state index contributed by atoms with van der Waals surface area (Å²) in [6, 6.07) is 4.21. The lowest BCUT2D eigenvalue weighted by Gasteiger charge is -2.49. The molecule has 0 amide bonds. The molecule has 1 aliphatic rings. The summed E-state index contributed by atoms with van der Waals surface area (Å²) < 4.78 is 8.28. The first kappa shape index (κ1) is 15.5. The van der Waals surface area contributed by atoms with Gasteiger partial charge in [0.15, 0.2) is 0 Å². The number of ether oxygens (including phenoxy) is 1. The van der Waals surface area contributed by atoms with Gasteiger partial charge in [-0.3, -0.25) is 0 Å². The zero-order valence-corrected chi connectivity index (χ0v) is 13.6. The molecule has 1 saturated heterocycles. The monoisotopic (exact) mass is 279 g/mol. The highest BCUT2D eigenvalue weighted by atomic mass is 16.5. The summed E-state index contributed by atoms with van der Waals surface area (Å²) in [6.07, 6.45) is 1.69. The van der Waals surface area contributed by atoms with Crippen LogP contribution in [0.4, 0.5) is 0 Å². The van der Waals surface area contributed by atoms with Crippen LogP contribution in [0.1, 0.15) is 51.9 Å². The molecular weight excluding hydrogens is 252 g/mol. The molecule has 0 aliphatic carbocycles. The summed E-state index contributed by atoms with van der Waals surface area (Å²) in [7, 11) is 0. The van der Waals surface area contributed by atoms with Gasteiger partial charge >= 0.3 is 0 Å². The molecule has 2 heterocycles. The third kappa shape index (κ3) is 2.92. The van der Waals surface area contributed by atoms with Crippen molar-refractivity contribution in [2.45, 2.75) is 78.3 Å². The second-order valence-corrected chi connectivity index (χ2v) is 7.29. The number of aryl methyl sites for hydroxylation is 2. The fourth-order valence-electron chi connectivity index (χ4n) is 3.37. The first-order valence-corrected chi connectivity index (χ1v) is 7.35. The Morgan fingerprint density at radius 3 is 2.00 bits per heavy atom. The van der Waals surface area contributed by atoms with Crippen LogP contribution in [0.15, 0.2) is 12.1 Å². The highest BCUT2D eigenvalue weighted by Gasteiger charge is 2.46. The Kier molecular flexibility index (Phi) is 4.02. The minimum atomic E-state index is -0.368. The molecule has 4 nitrogen and oxygen atoms in total. The van der Waals surface area contributed by atoms with Crippen LogP contribution < -0.4 is 0 Å². The lowest BCUT2D eigenvalue weighted by atomic mass is 9.80. The normalized spacial score (nSPS) is 23.1. The summed E-state index contributed by atoms with van der Waals surface area (Å²) >= 11 is 0. The lowest BCUT2D eigenvalue weighted by Crippen LogP contribution is -2.59. The highest BCUT2D eigenvalue weighted by Crippen LogP contribution is 2.38. The summed E-state index contributed by atoms with van der Waals surface area (Å²) in [5.41, 5.74) is 1.69. The minimum Gasteiger partial charge on any atom is -0.357 e. The lowest BCUT2D eigenvalue weighted by molar-refractivity contribution is -0.302. The van der Waals surface area contributed by atoms with Crippen molar-refractivity contribution in [3.8, 4) is 0 Å². The van der Waals surface area contributed by atoms with E-state index in [-0.39, 0.29) is 17.2 Å². The largest absolute Gasteiger partial charge is 0.357 e. The van der Waals surface area contributed by atoms with Crippen LogP contribution in [-0.4, -0.2) is 26.8 Å².